The van der Waals surface area contributed by atoms with Gasteiger partial charge in [-0.1, -0.05) is 37.3 Å². The Labute approximate surface area is 183 Å². The molecule has 0 aliphatic carbocycles. The molecule has 0 bridgehead atoms. The Kier molecular flexibility index (Phi) is 7.47. The molecule has 168 valence electrons. The summed E-state index contributed by atoms with van der Waals surface area (Å²) in [7, 11) is 1.41. The molecule has 0 fully saturated rings. The van der Waals surface area contributed by atoms with Gasteiger partial charge in [0.2, 0.25) is 0 Å². The maximum Gasteiger partial charge on any atom is 0.196 e. The molecule has 0 amide bonds. The highest BCUT2D eigenvalue weighted by atomic mass is 19.1. The first-order valence-electron chi connectivity index (χ1n) is 9.80. The first kappa shape index (κ1) is 22.8. The highest BCUT2D eigenvalue weighted by molar-refractivity contribution is 6.06. The summed E-state index contributed by atoms with van der Waals surface area (Å²) < 4.78 is 33.4. The molecule has 10 nitrogen and oxygen atoms in total. The van der Waals surface area contributed by atoms with Crippen molar-refractivity contribution in [1.82, 2.24) is 30.6 Å². The minimum atomic E-state index is -0.684. The number of rotatable bonds is 9. The van der Waals surface area contributed by atoms with Crippen molar-refractivity contribution >= 4 is 17.4 Å². The maximum atomic E-state index is 14.4. The van der Waals surface area contributed by atoms with Gasteiger partial charge in [0, 0.05) is 5.56 Å². The third-order valence-corrected chi connectivity index (χ3v) is 4.56. The number of methoxy groups -OCH3 is 1. The summed E-state index contributed by atoms with van der Waals surface area (Å²) in [4.78, 5) is 12.3. The van der Waals surface area contributed by atoms with Crippen LogP contribution in [0.3, 0.4) is 0 Å². The topological polar surface area (TPSA) is 138 Å². The summed E-state index contributed by atoms with van der Waals surface area (Å²) >= 11 is 0. The average Bonchev–Trinajstić information content (AvgIpc) is 3.31. The van der Waals surface area contributed by atoms with E-state index in [9.17, 15) is 8.78 Å². The number of aromatic amines is 1. The van der Waals surface area contributed by atoms with Crippen LogP contribution in [-0.4, -0.2) is 49.3 Å². The van der Waals surface area contributed by atoms with Crippen LogP contribution in [0.5, 0.6) is 0 Å². The second kappa shape index (κ2) is 10.5. The van der Waals surface area contributed by atoms with E-state index in [4.69, 9.17) is 10.1 Å². The van der Waals surface area contributed by atoms with Gasteiger partial charge in [-0.3, -0.25) is 4.99 Å². The van der Waals surface area contributed by atoms with Gasteiger partial charge < -0.3 is 15.5 Å². The van der Waals surface area contributed by atoms with Crippen molar-refractivity contribution in [3.63, 3.8) is 0 Å². The van der Waals surface area contributed by atoms with Crippen LogP contribution >= 0.6 is 0 Å². The van der Waals surface area contributed by atoms with Crippen molar-refractivity contribution in [2.24, 2.45) is 10.9 Å². The highest BCUT2D eigenvalue weighted by Gasteiger charge is 2.23. The molecular weight excluding hydrogens is 420 g/mol. The van der Waals surface area contributed by atoms with Crippen LogP contribution in [0.4, 0.5) is 14.6 Å². The first-order valence-corrected chi connectivity index (χ1v) is 9.80. The molecule has 3 aromatic rings. The lowest BCUT2D eigenvalue weighted by molar-refractivity contribution is 0.393. The summed E-state index contributed by atoms with van der Waals surface area (Å²) in [5, 5.41) is 25.1. The van der Waals surface area contributed by atoms with Crippen molar-refractivity contribution in [1.29, 1.82) is 5.41 Å². The largest absolute Gasteiger partial charge is 0.484 e. The van der Waals surface area contributed by atoms with E-state index in [0.717, 1.165) is 6.20 Å². The lowest BCUT2D eigenvalue weighted by Gasteiger charge is -2.20. The third-order valence-electron chi connectivity index (χ3n) is 4.56. The minimum absolute atomic E-state index is 0.000148. The number of benzene rings is 1. The van der Waals surface area contributed by atoms with Gasteiger partial charge in [-0.2, -0.15) is 5.21 Å². The van der Waals surface area contributed by atoms with Crippen LogP contribution in [0.1, 0.15) is 43.5 Å². The molecule has 1 aromatic carbocycles. The number of hydrogen-bond donors (Lipinski definition) is 3. The fourth-order valence-electron chi connectivity index (χ4n) is 2.81. The summed E-state index contributed by atoms with van der Waals surface area (Å²) in [5.41, 5.74) is 0.363. The van der Waals surface area contributed by atoms with Crippen LogP contribution in [-0.2, 0) is 11.3 Å². The number of hydrogen-bond acceptors (Lipinski definition) is 9. The van der Waals surface area contributed by atoms with Gasteiger partial charge in [-0.15, -0.1) is 10.2 Å². The van der Waals surface area contributed by atoms with Gasteiger partial charge in [0.05, 0.1) is 38.0 Å². The van der Waals surface area contributed by atoms with Gasteiger partial charge in [0.25, 0.3) is 0 Å². The van der Waals surface area contributed by atoms with E-state index in [0.29, 0.717) is 11.4 Å². The molecule has 0 spiro atoms. The van der Waals surface area contributed by atoms with E-state index in [2.05, 4.69) is 40.9 Å². The van der Waals surface area contributed by atoms with Gasteiger partial charge in [0.15, 0.2) is 29.2 Å². The Morgan fingerprint density at radius 3 is 2.69 bits per heavy atom. The number of ether oxygens (including phenoxy) is 1. The lowest BCUT2D eigenvalue weighted by Crippen LogP contribution is -2.21. The quantitative estimate of drug-likeness (QED) is 0.341. The van der Waals surface area contributed by atoms with Crippen molar-refractivity contribution in [3.05, 3.63) is 59.3 Å². The Hall–Kier alpha value is -3.83. The molecule has 1 atom stereocenters. The molecule has 1 unspecified atom stereocenters. The molecule has 3 rings (SSSR count). The normalized spacial score (nSPS) is 12.6. The molecular formula is C20H23F2N9O. The predicted octanol–water partition coefficient (Wildman–Crippen LogP) is 3.08. The Balaban J connectivity index is 1.75. The second-order valence-corrected chi connectivity index (χ2v) is 7.19. The summed E-state index contributed by atoms with van der Waals surface area (Å²) in [6.45, 7) is 3.88. The van der Waals surface area contributed by atoms with Crippen LogP contribution in [0, 0.1) is 23.0 Å². The van der Waals surface area contributed by atoms with Gasteiger partial charge in [-0.25, -0.2) is 18.7 Å². The van der Waals surface area contributed by atoms with Gasteiger partial charge in [-0.05, 0) is 12.0 Å². The standard InChI is InChI=1S/C20H23F2N9O/c1-11(2)17(20-28-30-31-29-20)26-18-14(22)10-25-19(27-18)15(23)8-16(32-3)24-9-12-6-4-5-7-13(12)21/h4-7,10-11,17,23H,8-9H2,1-3H3,(H,25,26,27)(H,28,29,30,31). The number of tetrazole rings is 1. The van der Waals surface area contributed by atoms with Crippen LogP contribution in [0.2, 0.25) is 0 Å². The third kappa shape index (κ3) is 5.65. The number of aromatic nitrogens is 6. The van der Waals surface area contributed by atoms with E-state index < -0.39 is 11.9 Å². The molecule has 0 aliphatic rings. The number of anilines is 1. The monoisotopic (exact) mass is 443 g/mol. The molecule has 12 heteroatoms. The van der Waals surface area contributed by atoms with Crippen molar-refractivity contribution in [2.45, 2.75) is 32.9 Å². The van der Waals surface area contributed by atoms with Crippen LogP contribution in [0.15, 0.2) is 35.5 Å². The van der Waals surface area contributed by atoms with Crippen LogP contribution in [0.25, 0.3) is 0 Å². The first-order chi connectivity index (χ1) is 15.4. The number of nitrogens with zero attached hydrogens (tertiary/aromatic N) is 6. The van der Waals surface area contributed by atoms with E-state index in [1.807, 2.05) is 13.8 Å². The highest BCUT2D eigenvalue weighted by Crippen LogP contribution is 2.24. The zero-order chi connectivity index (χ0) is 23.1. The molecule has 0 radical (unpaired) electrons. The van der Waals surface area contributed by atoms with Crippen molar-refractivity contribution < 1.29 is 13.5 Å². The van der Waals surface area contributed by atoms with Crippen molar-refractivity contribution in [3.8, 4) is 0 Å². The Morgan fingerprint density at radius 1 is 1.25 bits per heavy atom. The van der Waals surface area contributed by atoms with Gasteiger partial charge in [0.1, 0.15) is 5.82 Å². The smallest absolute Gasteiger partial charge is 0.196 e. The van der Waals surface area contributed by atoms with E-state index in [1.54, 1.807) is 18.2 Å². The predicted molar refractivity (Wildman–Crippen MR) is 113 cm³/mol. The van der Waals surface area contributed by atoms with E-state index in [-0.39, 0.29) is 48.0 Å². The fraction of sp³-hybridized carbons (Fsp3) is 0.350. The minimum Gasteiger partial charge on any atom is -0.484 e. The average molecular weight is 443 g/mol. The Morgan fingerprint density at radius 2 is 2.03 bits per heavy atom. The molecule has 2 heterocycles. The molecule has 2 aromatic heterocycles. The van der Waals surface area contributed by atoms with E-state index >= 15 is 0 Å². The van der Waals surface area contributed by atoms with Gasteiger partial charge >= 0.3 is 0 Å². The molecule has 3 N–H and O–H groups in total. The fourth-order valence-corrected chi connectivity index (χ4v) is 2.81. The molecule has 0 saturated heterocycles. The number of nitrogens with one attached hydrogen (secondary N) is 3. The molecule has 0 saturated carbocycles. The molecule has 0 aliphatic heterocycles. The molecule has 32 heavy (non-hydrogen) atoms. The summed E-state index contributed by atoms with van der Waals surface area (Å²) in [6, 6.07) is 5.81. The second-order valence-electron chi connectivity index (χ2n) is 7.19. The zero-order valence-electron chi connectivity index (χ0n) is 17.8. The summed E-state index contributed by atoms with van der Waals surface area (Å²) in [5.74, 6) is -0.596. The van der Waals surface area contributed by atoms with E-state index in [1.165, 1.54) is 13.2 Å². The summed E-state index contributed by atoms with van der Waals surface area (Å²) in [6.07, 6.45) is 0.935. The number of aliphatic imine (C=N–C) groups is 1. The Bertz CT molecular complexity index is 1090. The van der Waals surface area contributed by atoms with Crippen LogP contribution < -0.4 is 5.32 Å². The maximum absolute atomic E-state index is 14.4. The SMILES string of the molecule is COC(CC(=N)c1ncc(F)c(NC(c2nn[nH]n2)C(C)C)n1)=NCc1ccccc1F. The number of H-pyrrole nitrogens is 1. The lowest BCUT2D eigenvalue weighted by atomic mass is 10.0. The zero-order valence-corrected chi connectivity index (χ0v) is 17.8. The number of halogens is 2. The van der Waals surface area contributed by atoms with Crippen molar-refractivity contribution in [2.75, 3.05) is 12.4 Å².